The first-order valence-corrected chi connectivity index (χ1v) is 4.95. The molecular formula is C10H10Cl2O. The molecule has 1 aromatic carbocycles. The average Bonchev–Trinajstić information content (AvgIpc) is 2.64. The Morgan fingerprint density at radius 2 is 1.85 bits per heavy atom. The summed E-state index contributed by atoms with van der Waals surface area (Å²) >= 11 is 11.7. The molecule has 1 atom stereocenters. The Bertz CT molecular complexity index is 305. The maximum atomic E-state index is 5.83. The minimum Gasteiger partial charge on any atom is -0.487 e. The zero-order valence-electron chi connectivity index (χ0n) is 7.26. The minimum atomic E-state index is -0.662. The van der Waals surface area contributed by atoms with Crippen molar-refractivity contribution in [1.82, 2.24) is 0 Å². The van der Waals surface area contributed by atoms with Gasteiger partial charge in [0.05, 0.1) is 0 Å². The summed E-state index contributed by atoms with van der Waals surface area (Å²) in [5.41, 5.74) is 1.21. The molecule has 0 heterocycles. The van der Waals surface area contributed by atoms with E-state index in [4.69, 9.17) is 27.9 Å². The SMILES string of the molecule is Cc1ccc(OC2CC2(Cl)Cl)cc1. The van der Waals surface area contributed by atoms with Gasteiger partial charge in [-0.05, 0) is 19.1 Å². The van der Waals surface area contributed by atoms with Crippen LogP contribution >= 0.6 is 23.2 Å². The van der Waals surface area contributed by atoms with Gasteiger partial charge in [0.1, 0.15) is 11.9 Å². The Kier molecular flexibility index (Phi) is 2.17. The Labute approximate surface area is 87.6 Å². The van der Waals surface area contributed by atoms with Crippen molar-refractivity contribution < 1.29 is 4.74 Å². The number of hydrogen-bond acceptors (Lipinski definition) is 1. The number of ether oxygens (including phenoxy) is 1. The van der Waals surface area contributed by atoms with Gasteiger partial charge in [-0.15, -0.1) is 0 Å². The fourth-order valence-corrected chi connectivity index (χ4v) is 1.47. The van der Waals surface area contributed by atoms with Gasteiger partial charge < -0.3 is 4.74 Å². The van der Waals surface area contributed by atoms with Crippen LogP contribution in [0.1, 0.15) is 12.0 Å². The van der Waals surface area contributed by atoms with E-state index in [1.54, 1.807) is 0 Å². The molecule has 1 saturated carbocycles. The summed E-state index contributed by atoms with van der Waals surface area (Å²) in [4.78, 5) is 0. The highest BCUT2D eigenvalue weighted by atomic mass is 35.5. The van der Waals surface area contributed by atoms with E-state index in [1.165, 1.54) is 5.56 Å². The van der Waals surface area contributed by atoms with Crippen molar-refractivity contribution in [3.05, 3.63) is 29.8 Å². The first-order chi connectivity index (χ1) is 6.08. The second-order valence-electron chi connectivity index (χ2n) is 3.38. The summed E-state index contributed by atoms with van der Waals surface area (Å²) < 4.78 is 4.87. The van der Waals surface area contributed by atoms with Crippen molar-refractivity contribution in [2.45, 2.75) is 23.8 Å². The van der Waals surface area contributed by atoms with Gasteiger partial charge in [-0.25, -0.2) is 0 Å². The topological polar surface area (TPSA) is 9.23 Å². The van der Waals surface area contributed by atoms with Gasteiger partial charge in [-0.3, -0.25) is 0 Å². The number of benzene rings is 1. The molecule has 0 aliphatic heterocycles. The van der Waals surface area contributed by atoms with E-state index in [9.17, 15) is 0 Å². The molecule has 0 aromatic heterocycles. The van der Waals surface area contributed by atoms with E-state index < -0.39 is 4.33 Å². The van der Waals surface area contributed by atoms with Crippen LogP contribution in [0.2, 0.25) is 0 Å². The molecule has 0 saturated heterocycles. The lowest BCUT2D eigenvalue weighted by Crippen LogP contribution is -2.04. The second-order valence-corrected chi connectivity index (χ2v) is 4.93. The molecule has 1 aliphatic rings. The highest BCUT2D eigenvalue weighted by Gasteiger charge is 2.54. The van der Waals surface area contributed by atoms with Crippen molar-refractivity contribution in [3.8, 4) is 5.75 Å². The summed E-state index contributed by atoms with van der Waals surface area (Å²) in [6, 6.07) is 7.86. The molecule has 13 heavy (non-hydrogen) atoms. The van der Waals surface area contributed by atoms with E-state index in [2.05, 4.69) is 0 Å². The van der Waals surface area contributed by atoms with Crippen LogP contribution in [0.5, 0.6) is 5.75 Å². The van der Waals surface area contributed by atoms with Crippen molar-refractivity contribution in [3.63, 3.8) is 0 Å². The molecule has 1 fully saturated rings. The normalized spacial score (nSPS) is 24.1. The first kappa shape index (κ1) is 9.17. The molecule has 70 valence electrons. The van der Waals surface area contributed by atoms with Gasteiger partial charge in [-0.2, -0.15) is 0 Å². The quantitative estimate of drug-likeness (QED) is 0.690. The number of aryl methyl sites for hydroxylation is 1. The smallest absolute Gasteiger partial charge is 0.158 e. The molecule has 3 heteroatoms. The lowest BCUT2D eigenvalue weighted by Gasteiger charge is -2.05. The molecule has 0 bridgehead atoms. The predicted octanol–water partition coefficient (Wildman–Crippen LogP) is 3.32. The van der Waals surface area contributed by atoms with E-state index in [0.29, 0.717) is 6.42 Å². The fourth-order valence-electron chi connectivity index (χ4n) is 1.10. The van der Waals surface area contributed by atoms with Crippen LogP contribution in [0, 0.1) is 6.92 Å². The van der Waals surface area contributed by atoms with Crippen molar-refractivity contribution in [2.24, 2.45) is 0 Å². The third-order valence-electron chi connectivity index (χ3n) is 2.07. The monoisotopic (exact) mass is 216 g/mol. The summed E-state index contributed by atoms with van der Waals surface area (Å²) in [6.07, 6.45) is 0.669. The Morgan fingerprint density at radius 3 is 2.31 bits per heavy atom. The Morgan fingerprint density at radius 1 is 1.31 bits per heavy atom. The van der Waals surface area contributed by atoms with Gasteiger partial charge in [0.2, 0.25) is 0 Å². The molecule has 0 N–H and O–H groups in total. The number of rotatable bonds is 2. The van der Waals surface area contributed by atoms with Crippen molar-refractivity contribution in [2.75, 3.05) is 0 Å². The van der Waals surface area contributed by atoms with E-state index in [1.807, 2.05) is 31.2 Å². The van der Waals surface area contributed by atoms with Crippen LogP contribution in [0.3, 0.4) is 0 Å². The fraction of sp³-hybridized carbons (Fsp3) is 0.400. The highest BCUT2D eigenvalue weighted by Crippen LogP contribution is 2.49. The van der Waals surface area contributed by atoms with Crippen LogP contribution in [0.25, 0.3) is 0 Å². The van der Waals surface area contributed by atoms with E-state index >= 15 is 0 Å². The van der Waals surface area contributed by atoms with Crippen LogP contribution in [-0.4, -0.2) is 10.4 Å². The molecule has 1 aliphatic carbocycles. The maximum Gasteiger partial charge on any atom is 0.158 e. The molecule has 2 rings (SSSR count). The lowest BCUT2D eigenvalue weighted by atomic mass is 10.2. The van der Waals surface area contributed by atoms with Gasteiger partial charge >= 0.3 is 0 Å². The third-order valence-corrected chi connectivity index (χ3v) is 2.86. The predicted molar refractivity (Wildman–Crippen MR) is 54.6 cm³/mol. The zero-order valence-corrected chi connectivity index (χ0v) is 8.77. The average molecular weight is 217 g/mol. The number of alkyl halides is 2. The number of hydrogen-bond donors (Lipinski definition) is 0. The molecular weight excluding hydrogens is 207 g/mol. The second kappa shape index (κ2) is 3.07. The largest absolute Gasteiger partial charge is 0.487 e. The van der Waals surface area contributed by atoms with Gasteiger partial charge in [0.15, 0.2) is 4.33 Å². The Hall–Kier alpha value is -0.400. The van der Waals surface area contributed by atoms with Crippen molar-refractivity contribution in [1.29, 1.82) is 0 Å². The lowest BCUT2D eigenvalue weighted by molar-refractivity contribution is 0.300. The van der Waals surface area contributed by atoms with Crippen molar-refractivity contribution >= 4 is 23.2 Å². The van der Waals surface area contributed by atoms with Crippen LogP contribution < -0.4 is 4.74 Å². The van der Waals surface area contributed by atoms with Gasteiger partial charge in [0.25, 0.3) is 0 Å². The molecule has 0 radical (unpaired) electrons. The van der Waals surface area contributed by atoms with Crippen LogP contribution in [-0.2, 0) is 0 Å². The third kappa shape index (κ3) is 2.09. The molecule has 0 amide bonds. The highest BCUT2D eigenvalue weighted by molar-refractivity contribution is 6.51. The zero-order chi connectivity index (χ0) is 9.47. The Balaban J connectivity index is 2.00. The van der Waals surface area contributed by atoms with Crippen LogP contribution in [0.15, 0.2) is 24.3 Å². The van der Waals surface area contributed by atoms with Gasteiger partial charge in [-0.1, -0.05) is 40.9 Å². The molecule has 1 nitrogen and oxygen atoms in total. The number of halogens is 2. The first-order valence-electron chi connectivity index (χ1n) is 4.19. The van der Waals surface area contributed by atoms with E-state index in [-0.39, 0.29) is 6.10 Å². The molecule has 0 spiro atoms. The van der Waals surface area contributed by atoms with Gasteiger partial charge in [0, 0.05) is 6.42 Å². The summed E-state index contributed by atoms with van der Waals surface area (Å²) in [5, 5.41) is 0. The minimum absolute atomic E-state index is 0.0430. The maximum absolute atomic E-state index is 5.83. The molecule has 1 unspecified atom stereocenters. The van der Waals surface area contributed by atoms with E-state index in [0.717, 1.165) is 5.75 Å². The summed E-state index contributed by atoms with van der Waals surface area (Å²) in [7, 11) is 0. The summed E-state index contributed by atoms with van der Waals surface area (Å²) in [6.45, 7) is 2.04. The van der Waals surface area contributed by atoms with Crippen LogP contribution in [0.4, 0.5) is 0 Å². The molecule has 1 aromatic rings. The summed E-state index contributed by atoms with van der Waals surface area (Å²) in [5.74, 6) is 0.832. The standard InChI is InChI=1S/C10H10Cl2O/c1-7-2-4-8(5-3-7)13-9-6-10(9,11)12/h2-5,9H,6H2,1H3.